The van der Waals surface area contributed by atoms with Gasteiger partial charge in [0.05, 0.1) is 35.7 Å². The molecule has 3 aromatic heterocycles. The van der Waals surface area contributed by atoms with E-state index in [0.29, 0.717) is 34.2 Å². The van der Waals surface area contributed by atoms with Crippen molar-refractivity contribution in [2.75, 3.05) is 19.4 Å². The van der Waals surface area contributed by atoms with Crippen molar-refractivity contribution in [2.24, 2.45) is 0 Å². The first-order chi connectivity index (χ1) is 21.0. The predicted molar refractivity (Wildman–Crippen MR) is 167 cm³/mol. The van der Waals surface area contributed by atoms with E-state index in [4.69, 9.17) is 0 Å². The maximum Gasteiger partial charge on any atom is 0.294 e. The molecule has 2 amide bonds. The van der Waals surface area contributed by atoms with E-state index in [9.17, 15) is 18.8 Å². The number of amides is 2. The summed E-state index contributed by atoms with van der Waals surface area (Å²) in [5.74, 6) is -0.137. The predicted octanol–water partition coefficient (Wildman–Crippen LogP) is 3.66. The number of aryl methyl sites for hydroxylation is 3. The number of aromatic nitrogens is 5. The molecule has 3 N–H and O–H groups in total. The maximum atomic E-state index is 14.0. The average molecular weight is 597 g/mol. The van der Waals surface area contributed by atoms with Crippen LogP contribution < -0.4 is 21.5 Å². The highest BCUT2D eigenvalue weighted by molar-refractivity contribution is 5.96. The van der Waals surface area contributed by atoms with Gasteiger partial charge in [-0.25, -0.2) is 19.3 Å². The third-order valence-corrected chi connectivity index (χ3v) is 7.54. The average Bonchev–Trinajstić information content (AvgIpc) is 3.33. The minimum Gasteiger partial charge on any atom is -0.355 e. The summed E-state index contributed by atoms with van der Waals surface area (Å²) >= 11 is 0. The molecule has 226 valence electrons. The topological polar surface area (TPSA) is 136 Å². The largest absolute Gasteiger partial charge is 0.355 e. The zero-order valence-electron chi connectivity index (χ0n) is 25.3. The molecule has 0 bridgehead atoms. The van der Waals surface area contributed by atoms with Gasteiger partial charge >= 0.3 is 0 Å². The summed E-state index contributed by atoms with van der Waals surface area (Å²) in [6.45, 7) is 7.20. The number of hydrogen-bond acceptors (Lipinski definition) is 7. The fourth-order valence-electron chi connectivity index (χ4n) is 5.02. The normalized spacial score (nSPS) is 11.9. The molecular weight excluding hydrogens is 563 g/mol. The van der Waals surface area contributed by atoms with Crippen LogP contribution in [0.15, 0.2) is 59.7 Å². The molecule has 1 unspecified atom stereocenters. The highest BCUT2D eigenvalue weighted by Gasteiger charge is 2.20. The second-order valence-corrected chi connectivity index (χ2v) is 10.6. The lowest BCUT2D eigenvalue weighted by Crippen LogP contribution is -2.38. The molecule has 0 radical (unpaired) electrons. The van der Waals surface area contributed by atoms with Crippen molar-refractivity contribution in [3.8, 4) is 17.1 Å². The van der Waals surface area contributed by atoms with Gasteiger partial charge < -0.3 is 20.5 Å². The smallest absolute Gasteiger partial charge is 0.294 e. The summed E-state index contributed by atoms with van der Waals surface area (Å²) < 4.78 is 17.3. The second kappa shape index (κ2) is 12.2. The number of rotatable bonds is 8. The van der Waals surface area contributed by atoms with Crippen LogP contribution in [0.4, 0.5) is 10.2 Å². The lowest BCUT2D eigenvalue weighted by molar-refractivity contribution is -0.117. The number of nitrogens with zero attached hydrogens (tertiary/aromatic N) is 5. The molecule has 0 aliphatic carbocycles. The summed E-state index contributed by atoms with van der Waals surface area (Å²) in [6, 6.07) is 11.0. The number of carbonyl (C=O) groups excluding carboxylic acids is 2. The Labute approximate surface area is 253 Å². The highest BCUT2D eigenvalue weighted by Crippen LogP contribution is 2.27. The first kappa shape index (κ1) is 30.2. The number of fused-ring (bicyclic) bond motifs is 1. The van der Waals surface area contributed by atoms with Crippen LogP contribution in [0.1, 0.15) is 39.9 Å². The van der Waals surface area contributed by atoms with Gasteiger partial charge in [-0.15, -0.1) is 0 Å². The zero-order chi connectivity index (χ0) is 31.7. The molecule has 11 nitrogen and oxygen atoms in total. The molecular formula is C32H33FN8O3. The molecule has 44 heavy (non-hydrogen) atoms. The Kier molecular flexibility index (Phi) is 8.36. The van der Waals surface area contributed by atoms with Crippen molar-refractivity contribution in [3.63, 3.8) is 0 Å². The maximum absolute atomic E-state index is 14.0. The van der Waals surface area contributed by atoms with Crippen molar-refractivity contribution in [3.05, 3.63) is 99.2 Å². The van der Waals surface area contributed by atoms with Gasteiger partial charge in [0.2, 0.25) is 5.91 Å². The molecule has 5 rings (SSSR count). The highest BCUT2D eigenvalue weighted by atomic mass is 19.1. The number of carbonyl (C=O) groups is 2. The number of likely N-dealkylation sites (N-methyl/N-ethyl adjacent to an activating group) is 1. The Morgan fingerprint density at radius 3 is 2.50 bits per heavy atom. The van der Waals surface area contributed by atoms with Gasteiger partial charge in [0.1, 0.15) is 17.5 Å². The van der Waals surface area contributed by atoms with Crippen LogP contribution in [0, 0.1) is 26.6 Å². The standard InChI is InChI=1S/C32H33FN8O3/c1-17-7-8-21(31(43)35-6)11-24(17)27-14-36-29(39-30(42)19(3)34-5)32(44)41(27)16-23-13-28(38-20(4)37-23)40-15-18(2)25-12-22(33)9-10-26(25)40/h7-15,19,34H,16H2,1-6H3,(H,35,43)(H,36,39,42). The number of hydrogen-bond donors (Lipinski definition) is 3. The Bertz CT molecular complexity index is 1980. The first-order valence-electron chi connectivity index (χ1n) is 14.0. The summed E-state index contributed by atoms with van der Waals surface area (Å²) in [5, 5.41) is 8.85. The SMILES string of the molecule is CNC(=O)c1ccc(C)c(-c2cnc(NC(=O)C(C)NC)c(=O)n2Cc2cc(-n3cc(C)c4cc(F)ccc43)nc(C)n2)c1. The van der Waals surface area contributed by atoms with E-state index in [0.717, 1.165) is 22.0 Å². The fraction of sp³-hybridized carbons (Fsp3) is 0.250. The number of anilines is 1. The van der Waals surface area contributed by atoms with Crippen molar-refractivity contribution in [2.45, 2.75) is 40.3 Å². The van der Waals surface area contributed by atoms with Gasteiger partial charge in [-0.1, -0.05) is 6.07 Å². The van der Waals surface area contributed by atoms with Gasteiger partial charge in [-0.2, -0.15) is 0 Å². The van der Waals surface area contributed by atoms with Crippen LogP contribution in [-0.4, -0.2) is 56.0 Å². The van der Waals surface area contributed by atoms with Crippen molar-refractivity contribution >= 4 is 28.5 Å². The van der Waals surface area contributed by atoms with Crippen LogP contribution in [-0.2, 0) is 11.3 Å². The third-order valence-electron chi connectivity index (χ3n) is 7.54. The van der Waals surface area contributed by atoms with Gasteiger partial charge in [-0.3, -0.25) is 19.0 Å². The molecule has 3 heterocycles. The van der Waals surface area contributed by atoms with E-state index in [-0.39, 0.29) is 24.1 Å². The number of halogens is 1. The Morgan fingerprint density at radius 1 is 1.00 bits per heavy atom. The second-order valence-electron chi connectivity index (χ2n) is 10.6. The van der Waals surface area contributed by atoms with Crippen LogP contribution in [0.2, 0.25) is 0 Å². The van der Waals surface area contributed by atoms with E-state index in [1.165, 1.54) is 22.9 Å². The van der Waals surface area contributed by atoms with E-state index in [2.05, 4.69) is 30.9 Å². The molecule has 2 aromatic carbocycles. The summed E-state index contributed by atoms with van der Waals surface area (Å²) in [5.41, 5.74) is 3.93. The minimum absolute atomic E-state index is 0.00789. The molecule has 0 spiro atoms. The molecule has 0 aliphatic rings. The lowest BCUT2D eigenvalue weighted by atomic mass is 10.0. The number of nitrogens with one attached hydrogen (secondary N) is 3. The van der Waals surface area contributed by atoms with E-state index in [1.807, 2.05) is 24.6 Å². The third kappa shape index (κ3) is 5.84. The zero-order valence-corrected chi connectivity index (χ0v) is 25.3. The Balaban J connectivity index is 1.66. The van der Waals surface area contributed by atoms with Gasteiger partial charge in [0.25, 0.3) is 11.5 Å². The van der Waals surface area contributed by atoms with Gasteiger partial charge in [0.15, 0.2) is 5.82 Å². The van der Waals surface area contributed by atoms with Gasteiger partial charge in [0, 0.05) is 35.8 Å². The van der Waals surface area contributed by atoms with Crippen LogP contribution in [0.25, 0.3) is 28.0 Å². The van der Waals surface area contributed by atoms with Crippen molar-refractivity contribution < 1.29 is 14.0 Å². The minimum atomic E-state index is -0.559. The van der Waals surface area contributed by atoms with Crippen molar-refractivity contribution in [1.82, 2.24) is 34.7 Å². The van der Waals surface area contributed by atoms with Crippen molar-refractivity contribution in [1.29, 1.82) is 0 Å². The fourth-order valence-corrected chi connectivity index (χ4v) is 5.02. The quantitative estimate of drug-likeness (QED) is 0.249. The monoisotopic (exact) mass is 596 g/mol. The van der Waals surface area contributed by atoms with E-state index < -0.39 is 17.5 Å². The van der Waals surface area contributed by atoms with Crippen LogP contribution >= 0.6 is 0 Å². The summed E-state index contributed by atoms with van der Waals surface area (Å²) in [7, 11) is 3.19. The number of benzene rings is 2. The molecule has 0 saturated heterocycles. The molecule has 12 heteroatoms. The molecule has 1 atom stereocenters. The Morgan fingerprint density at radius 2 is 1.77 bits per heavy atom. The molecule has 0 saturated carbocycles. The molecule has 0 aliphatic heterocycles. The Hall–Kier alpha value is -5.23. The van der Waals surface area contributed by atoms with E-state index >= 15 is 0 Å². The molecule has 0 fully saturated rings. The van der Waals surface area contributed by atoms with Crippen LogP contribution in [0.3, 0.4) is 0 Å². The summed E-state index contributed by atoms with van der Waals surface area (Å²) in [6.07, 6.45) is 3.38. The van der Waals surface area contributed by atoms with E-state index in [1.54, 1.807) is 58.3 Å². The lowest BCUT2D eigenvalue weighted by Gasteiger charge is -2.18. The summed E-state index contributed by atoms with van der Waals surface area (Å²) in [4.78, 5) is 52.6. The molecule has 5 aromatic rings. The van der Waals surface area contributed by atoms with Crippen LogP contribution in [0.5, 0.6) is 0 Å². The first-order valence-corrected chi connectivity index (χ1v) is 14.0. The van der Waals surface area contributed by atoms with Gasteiger partial charge in [-0.05, 0) is 76.2 Å².